The Kier molecular flexibility index (Phi) is 9.13. The molecule has 9 rings (SSSR count). The van der Waals surface area contributed by atoms with Crippen molar-refractivity contribution in [1.29, 1.82) is 0 Å². The van der Waals surface area contributed by atoms with E-state index < -0.39 is 17.9 Å². The molecule has 58 heavy (non-hydrogen) atoms. The summed E-state index contributed by atoms with van der Waals surface area (Å²) in [6.45, 7) is 0. The minimum atomic E-state index is -1.04. The molecule has 0 radical (unpaired) electrons. The smallest absolute Gasteiger partial charge is 0.335 e. The molecule has 3 aromatic heterocycles. The molecule has 0 fully saturated rings. The van der Waals surface area contributed by atoms with Gasteiger partial charge in [0.25, 0.3) is 0 Å². The van der Waals surface area contributed by atoms with Crippen molar-refractivity contribution in [2.75, 3.05) is 0 Å². The summed E-state index contributed by atoms with van der Waals surface area (Å²) >= 11 is 2.28. The summed E-state index contributed by atoms with van der Waals surface area (Å²) in [5.41, 5.74) is 12.2. The van der Waals surface area contributed by atoms with Gasteiger partial charge in [-0.25, -0.2) is 24.4 Å². The second-order valence-corrected chi connectivity index (χ2v) is 14.9. The molecule has 0 unspecified atom stereocenters. The van der Waals surface area contributed by atoms with Crippen LogP contribution >= 0.6 is 22.6 Å². The average molecular weight is 873 g/mol. The first-order valence-electron chi connectivity index (χ1n) is 18.0. The molecule has 8 bridgehead atoms. The molecule has 0 atom stereocenters. The van der Waals surface area contributed by atoms with Gasteiger partial charge in [0.15, 0.2) is 0 Å². The maximum atomic E-state index is 11.8. The number of hydrogen-bond donors (Lipinski definition) is 5. The zero-order valence-corrected chi connectivity index (χ0v) is 32.4. The zero-order valence-electron chi connectivity index (χ0n) is 30.2. The van der Waals surface area contributed by atoms with Gasteiger partial charge in [0.2, 0.25) is 0 Å². The summed E-state index contributed by atoms with van der Waals surface area (Å²) in [5, 5.41) is 29.0. The molecule has 4 aromatic carbocycles. The van der Waals surface area contributed by atoms with Crippen molar-refractivity contribution in [2.45, 2.75) is 0 Å². The van der Waals surface area contributed by atoms with Crippen LogP contribution in [0, 0.1) is 3.57 Å². The molecule has 0 saturated heterocycles. The van der Waals surface area contributed by atoms with Gasteiger partial charge in [-0.05, 0) is 142 Å². The third-order valence-corrected chi connectivity index (χ3v) is 10.9. The molecule has 10 nitrogen and oxygen atoms in total. The molecule has 280 valence electrons. The van der Waals surface area contributed by atoms with Crippen LogP contribution in [0.3, 0.4) is 0 Å². The Bertz CT molecular complexity index is 3010. The number of rotatable bonds is 7. The van der Waals surface area contributed by atoms with Gasteiger partial charge >= 0.3 is 17.9 Å². The van der Waals surface area contributed by atoms with Crippen LogP contribution in [0.4, 0.5) is 0 Å². The van der Waals surface area contributed by atoms with E-state index in [1.54, 1.807) is 72.8 Å². The van der Waals surface area contributed by atoms with Crippen molar-refractivity contribution < 1.29 is 29.7 Å². The topological polar surface area (TPSA) is 169 Å². The lowest BCUT2D eigenvalue weighted by molar-refractivity contribution is 0.0686. The molecular weight excluding hydrogens is 843 g/mol. The number of carboxylic acid groups (broad SMARTS) is 3. The monoisotopic (exact) mass is 872 g/mol. The van der Waals surface area contributed by atoms with E-state index in [2.05, 4.69) is 44.7 Å². The highest BCUT2D eigenvalue weighted by molar-refractivity contribution is 14.1. The van der Waals surface area contributed by atoms with Gasteiger partial charge in [0.05, 0.1) is 39.5 Å². The van der Waals surface area contributed by atoms with Crippen molar-refractivity contribution in [3.63, 3.8) is 0 Å². The average Bonchev–Trinajstić information content (AvgIpc) is 4.07. The van der Waals surface area contributed by atoms with Gasteiger partial charge in [0.1, 0.15) is 0 Å². The Labute approximate surface area is 343 Å². The third-order valence-electron chi connectivity index (χ3n) is 10.1. The van der Waals surface area contributed by atoms with Crippen LogP contribution in [0.2, 0.25) is 0 Å². The summed E-state index contributed by atoms with van der Waals surface area (Å²) in [6, 6.07) is 36.0. The Morgan fingerprint density at radius 2 is 0.621 bits per heavy atom. The molecule has 0 amide bonds. The van der Waals surface area contributed by atoms with Crippen molar-refractivity contribution in [2.24, 2.45) is 0 Å². The van der Waals surface area contributed by atoms with Crippen molar-refractivity contribution in [1.82, 2.24) is 19.9 Å². The summed E-state index contributed by atoms with van der Waals surface area (Å²) in [7, 11) is 0. The van der Waals surface area contributed by atoms with Crippen molar-refractivity contribution in [3.8, 4) is 44.5 Å². The number of nitrogens with zero attached hydrogens (tertiary/aromatic N) is 2. The Hall–Kier alpha value is -7.38. The molecule has 5 heterocycles. The molecule has 7 aromatic rings. The predicted octanol–water partition coefficient (Wildman–Crippen LogP) is 11.0. The number of hydrogen-bond acceptors (Lipinski definition) is 5. The van der Waals surface area contributed by atoms with Crippen molar-refractivity contribution >= 4 is 86.9 Å². The fraction of sp³-hybridized carbons (Fsp3) is 0. The van der Waals surface area contributed by atoms with Crippen LogP contribution in [0.5, 0.6) is 0 Å². The van der Waals surface area contributed by atoms with Crippen LogP contribution in [0.25, 0.3) is 90.9 Å². The maximum Gasteiger partial charge on any atom is 0.335 e. The number of aromatic amines is 2. The Morgan fingerprint density at radius 3 is 0.862 bits per heavy atom. The van der Waals surface area contributed by atoms with E-state index in [4.69, 9.17) is 9.97 Å². The third kappa shape index (κ3) is 6.66. The summed E-state index contributed by atoms with van der Waals surface area (Å²) in [5.74, 6) is -3.10. The number of aromatic nitrogens is 4. The number of nitrogens with one attached hydrogen (secondary N) is 2. The van der Waals surface area contributed by atoms with E-state index in [9.17, 15) is 29.7 Å². The highest BCUT2D eigenvalue weighted by atomic mass is 127. The fourth-order valence-electron chi connectivity index (χ4n) is 7.38. The van der Waals surface area contributed by atoms with Crippen LogP contribution in [-0.2, 0) is 0 Å². The lowest BCUT2D eigenvalue weighted by Gasteiger charge is -2.07. The van der Waals surface area contributed by atoms with Gasteiger partial charge in [-0.15, -0.1) is 0 Å². The number of halogens is 1. The summed E-state index contributed by atoms with van der Waals surface area (Å²) in [6.07, 6.45) is 7.75. The predicted molar refractivity (Wildman–Crippen MR) is 234 cm³/mol. The molecule has 2 aliphatic rings. The highest BCUT2D eigenvalue weighted by Gasteiger charge is 2.20. The van der Waals surface area contributed by atoms with Crippen LogP contribution in [0.15, 0.2) is 121 Å². The summed E-state index contributed by atoms with van der Waals surface area (Å²) in [4.78, 5) is 53.2. The van der Waals surface area contributed by atoms with E-state index in [-0.39, 0.29) is 16.7 Å². The molecule has 0 saturated carbocycles. The van der Waals surface area contributed by atoms with E-state index in [0.29, 0.717) is 39.4 Å². The first-order chi connectivity index (χ1) is 28.1. The van der Waals surface area contributed by atoms with E-state index in [0.717, 1.165) is 53.5 Å². The number of fused-ring (bicyclic) bond motifs is 8. The first kappa shape index (κ1) is 36.3. The summed E-state index contributed by atoms with van der Waals surface area (Å²) < 4.78 is 1.08. The van der Waals surface area contributed by atoms with Crippen LogP contribution < -0.4 is 0 Å². The second kappa shape index (κ2) is 14.6. The lowest BCUT2D eigenvalue weighted by atomic mass is 10.0. The van der Waals surface area contributed by atoms with E-state index >= 15 is 0 Å². The maximum absolute atomic E-state index is 11.8. The molecule has 0 spiro atoms. The van der Waals surface area contributed by atoms with Gasteiger partial charge in [-0.1, -0.05) is 48.5 Å². The quantitative estimate of drug-likeness (QED) is 0.0986. The lowest BCUT2D eigenvalue weighted by Crippen LogP contribution is -1.96. The second-order valence-electron chi connectivity index (χ2n) is 13.7. The van der Waals surface area contributed by atoms with Crippen molar-refractivity contribution in [3.05, 3.63) is 164 Å². The number of carboxylic acids is 3. The molecule has 2 aliphatic heterocycles. The largest absolute Gasteiger partial charge is 0.478 e. The SMILES string of the molecule is O=C(O)c1ccc(-c2c3nc(c(-c4ccc(C(=O)O)cc4)c4ccc([nH]4)c(-c4ccc(C(=O)O)cc4)c4nc(c(-c5ccc(I)cc5)c5ccc2[nH]5)C=C4)C=C3)cc1. The minimum absolute atomic E-state index is 0.142. The highest BCUT2D eigenvalue weighted by Crippen LogP contribution is 2.38. The Balaban J connectivity index is 1.44. The number of carbonyl (C=O) groups is 3. The number of H-pyrrole nitrogens is 2. The standard InChI is InChI=1S/C47H29IN4O6/c48-32-15-13-28(14-16-32)44-39-23-21-37(51-39)42(26-3-9-30(10-4-26)46(55)56)35-19-17-33(49-35)41(25-1-7-29(8-2-25)45(53)54)34-18-20-36(50-34)43(38-22-24-40(44)52-38)27-5-11-31(12-6-27)47(57)58/h1-24,49,52H,(H,53,54)(H,55,56)(H,57,58). The van der Waals surface area contributed by atoms with Crippen LogP contribution in [-0.4, -0.2) is 53.2 Å². The van der Waals surface area contributed by atoms with Gasteiger partial charge < -0.3 is 25.3 Å². The first-order valence-corrected chi connectivity index (χ1v) is 19.1. The normalized spacial score (nSPS) is 11.8. The molecule has 0 aliphatic carbocycles. The number of benzene rings is 4. The van der Waals surface area contributed by atoms with Gasteiger partial charge in [0, 0.05) is 47.9 Å². The number of aromatic carboxylic acids is 3. The molecule has 11 heteroatoms. The van der Waals surface area contributed by atoms with Gasteiger partial charge in [-0.2, -0.15) is 0 Å². The fourth-order valence-corrected chi connectivity index (χ4v) is 7.73. The minimum Gasteiger partial charge on any atom is -0.478 e. The zero-order chi connectivity index (χ0) is 40.1. The van der Waals surface area contributed by atoms with E-state index in [1.807, 2.05) is 60.7 Å². The van der Waals surface area contributed by atoms with Crippen LogP contribution in [0.1, 0.15) is 53.8 Å². The molecule has 5 N–H and O–H groups in total. The molecular formula is C47H29IN4O6. The Morgan fingerprint density at radius 1 is 0.379 bits per heavy atom. The van der Waals surface area contributed by atoms with Gasteiger partial charge in [-0.3, -0.25) is 0 Å². The van der Waals surface area contributed by atoms with E-state index in [1.165, 1.54) is 0 Å².